The van der Waals surface area contributed by atoms with Crippen LogP contribution in [-0.2, 0) is 13.6 Å². The van der Waals surface area contributed by atoms with Gasteiger partial charge in [-0.25, -0.2) is 4.98 Å². The Morgan fingerprint density at radius 2 is 2.19 bits per heavy atom. The molecular formula is C20H28N4O3. The highest BCUT2D eigenvalue weighted by atomic mass is 16.5. The molecule has 1 saturated heterocycles. The fourth-order valence-electron chi connectivity index (χ4n) is 3.40. The number of hydrogen-bond donors (Lipinski definition) is 1. The smallest absolute Gasteiger partial charge is 0.293 e. The van der Waals surface area contributed by atoms with Gasteiger partial charge in [0.15, 0.2) is 17.3 Å². The molecule has 0 bridgehead atoms. The van der Waals surface area contributed by atoms with E-state index in [2.05, 4.69) is 15.2 Å². The molecule has 1 aliphatic rings. The highest BCUT2D eigenvalue weighted by molar-refractivity contribution is 5.43. The van der Waals surface area contributed by atoms with Crippen LogP contribution in [0.3, 0.4) is 0 Å². The van der Waals surface area contributed by atoms with Crippen LogP contribution in [0, 0.1) is 0 Å². The molecule has 27 heavy (non-hydrogen) atoms. The Labute approximate surface area is 159 Å². The lowest BCUT2D eigenvalue weighted by Gasteiger charge is -2.33. The average Bonchev–Trinajstić information content (AvgIpc) is 2.69. The van der Waals surface area contributed by atoms with Crippen LogP contribution in [0.4, 0.5) is 5.82 Å². The molecule has 0 aliphatic carbocycles. The van der Waals surface area contributed by atoms with Gasteiger partial charge in [-0.3, -0.25) is 4.79 Å². The van der Waals surface area contributed by atoms with Crippen molar-refractivity contribution in [2.75, 3.05) is 31.7 Å². The summed E-state index contributed by atoms with van der Waals surface area (Å²) >= 11 is 0. The summed E-state index contributed by atoms with van der Waals surface area (Å²) in [5.41, 5.74) is 1.10. The van der Waals surface area contributed by atoms with Gasteiger partial charge in [0, 0.05) is 45.1 Å². The Morgan fingerprint density at radius 1 is 1.33 bits per heavy atom. The number of methoxy groups -OCH3 is 1. The molecule has 1 aliphatic heterocycles. The molecule has 0 saturated carbocycles. The maximum atomic E-state index is 12.3. The molecule has 146 valence electrons. The fourth-order valence-corrected chi connectivity index (χ4v) is 3.40. The van der Waals surface area contributed by atoms with E-state index in [0.717, 1.165) is 49.5 Å². The molecule has 2 heterocycles. The second-order valence-corrected chi connectivity index (χ2v) is 6.75. The highest BCUT2D eigenvalue weighted by Crippen LogP contribution is 2.28. The van der Waals surface area contributed by atoms with Gasteiger partial charge >= 0.3 is 0 Å². The van der Waals surface area contributed by atoms with Crippen molar-refractivity contribution >= 4 is 5.82 Å². The van der Waals surface area contributed by atoms with Crippen LogP contribution in [0.15, 0.2) is 35.4 Å². The molecule has 1 N–H and O–H groups in total. The van der Waals surface area contributed by atoms with Crippen molar-refractivity contribution in [3.63, 3.8) is 0 Å². The maximum absolute atomic E-state index is 12.3. The third-order valence-corrected chi connectivity index (χ3v) is 4.84. The minimum absolute atomic E-state index is 0.0466. The van der Waals surface area contributed by atoms with E-state index in [1.807, 2.05) is 25.1 Å². The first-order valence-corrected chi connectivity index (χ1v) is 9.42. The number of piperidine rings is 1. The van der Waals surface area contributed by atoms with Crippen molar-refractivity contribution in [2.45, 2.75) is 32.4 Å². The standard InChI is InChI=1S/C20H28N4O3/c1-4-27-18-12-15(7-8-17(18)26-3)13-22-16-6-5-10-24(14-16)19-20(25)23(2)11-9-21-19/h7-9,11-12,16,22H,4-6,10,13-14H2,1-3H3/t16-/m1/s1. The Bertz CT molecular complexity index is 821. The zero-order chi connectivity index (χ0) is 19.2. The Balaban J connectivity index is 1.64. The zero-order valence-electron chi connectivity index (χ0n) is 16.3. The topological polar surface area (TPSA) is 68.6 Å². The summed E-state index contributed by atoms with van der Waals surface area (Å²) in [6, 6.07) is 6.31. The first-order valence-electron chi connectivity index (χ1n) is 9.42. The second-order valence-electron chi connectivity index (χ2n) is 6.75. The summed E-state index contributed by atoms with van der Waals surface area (Å²) in [6.07, 6.45) is 5.48. The molecule has 1 fully saturated rings. The van der Waals surface area contributed by atoms with Crippen LogP contribution < -0.4 is 25.2 Å². The number of anilines is 1. The molecule has 1 aromatic heterocycles. The van der Waals surface area contributed by atoms with Crippen LogP contribution in [-0.4, -0.2) is 42.4 Å². The molecule has 1 aromatic carbocycles. The van der Waals surface area contributed by atoms with Gasteiger partial charge in [0.25, 0.3) is 5.56 Å². The van der Waals surface area contributed by atoms with Gasteiger partial charge in [-0.05, 0) is 37.5 Å². The van der Waals surface area contributed by atoms with E-state index in [1.165, 1.54) is 0 Å². The number of nitrogens with zero attached hydrogens (tertiary/aromatic N) is 3. The van der Waals surface area contributed by atoms with Gasteiger partial charge < -0.3 is 24.3 Å². The Hall–Kier alpha value is -2.54. The van der Waals surface area contributed by atoms with Gasteiger partial charge in [0.05, 0.1) is 13.7 Å². The van der Waals surface area contributed by atoms with E-state index >= 15 is 0 Å². The molecule has 0 unspecified atom stereocenters. The van der Waals surface area contributed by atoms with E-state index in [0.29, 0.717) is 18.5 Å². The number of nitrogens with one attached hydrogen (secondary N) is 1. The number of aromatic nitrogens is 2. The predicted octanol–water partition coefficient (Wildman–Crippen LogP) is 1.95. The quantitative estimate of drug-likeness (QED) is 0.801. The predicted molar refractivity (Wildman–Crippen MR) is 106 cm³/mol. The molecule has 3 rings (SSSR count). The normalized spacial score (nSPS) is 17.0. The van der Waals surface area contributed by atoms with Gasteiger partial charge in [-0.2, -0.15) is 0 Å². The second kappa shape index (κ2) is 8.90. The summed E-state index contributed by atoms with van der Waals surface area (Å²) in [6.45, 7) is 4.94. The SMILES string of the molecule is CCOc1cc(CN[C@@H]2CCCN(c3nccn(C)c3=O)C2)ccc1OC. The lowest BCUT2D eigenvalue weighted by molar-refractivity contribution is 0.310. The number of rotatable bonds is 7. The van der Waals surface area contributed by atoms with Crippen LogP contribution in [0.2, 0.25) is 0 Å². The van der Waals surface area contributed by atoms with Gasteiger partial charge in [0.1, 0.15) is 0 Å². The number of aryl methyl sites for hydroxylation is 1. The van der Waals surface area contributed by atoms with Crippen molar-refractivity contribution in [3.8, 4) is 11.5 Å². The molecule has 1 atom stereocenters. The lowest BCUT2D eigenvalue weighted by atomic mass is 10.1. The van der Waals surface area contributed by atoms with Crippen molar-refractivity contribution in [2.24, 2.45) is 7.05 Å². The van der Waals surface area contributed by atoms with Crippen molar-refractivity contribution in [3.05, 3.63) is 46.5 Å². The van der Waals surface area contributed by atoms with E-state index in [4.69, 9.17) is 9.47 Å². The largest absolute Gasteiger partial charge is 0.493 e. The van der Waals surface area contributed by atoms with E-state index in [9.17, 15) is 4.79 Å². The summed E-state index contributed by atoms with van der Waals surface area (Å²) in [5, 5.41) is 3.60. The fraction of sp³-hybridized carbons (Fsp3) is 0.500. The summed E-state index contributed by atoms with van der Waals surface area (Å²) in [5.74, 6) is 2.05. The van der Waals surface area contributed by atoms with Crippen molar-refractivity contribution in [1.82, 2.24) is 14.9 Å². The molecule has 0 amide bonds. The average molecular weight is 372 g/mol. The van der Waals surface area contributed by atoms with Crippen molar-refractivity contribution in [1.29, 1.82) is 0 Å². The number of hydrogen-bond acceptors (Lipinski definition) is 6. The number of benzene rings is 1. The minimum atomic E-state index is -0.0466. The molecule has 2 aromatic rings. The van der Waals surface area contributed by atoms with E-state index in [1.54, 1.807) is 31.1 Å². The number of ether oxygens (including phenoxy) is 2. The van der Waals surface area contributed by atoms with E-state index < -0.39 is 0 Å². The third kappa shape index (κ3) is 4.60. The summed E-state index contributed by atoms with van der Waals surface area (Å²) in [7, 11) is 3.40. The van der Waals surface area contributed by atoms with Crippen molar-refractivity contribution < 1.29 is 9.47 Å². The highest BCUT2D eigenvalue weighted by Gasteiger charge is 2.22. The minimum Gasteiger partial charge on any atom is -0.493 e. The van der Waals surface area contributed by atoms with Crippen LogP contribution in [0.1, 0.15) is 25.3 Å². The van der Waals surface area contributed by atoms with Crippen LogP contribution >= 0.6 is 0 Å². The zero-order valence-corrected chi connectivity index (χ0v) is 16.3. The van der Waals surface area contributed by atoms with Crippen LogP contribution in [0.5, 0.6) is 11.5 Å². The molecule has 7 heteroatoms. The van der Waals surface area contributed by atoms with E-state index in [-0.39, 0.29) is 5.56 Å². The maximum Gasteiger partial charge on any atom is 0.293 e. The molecule has 7 nitrogen and oxygen atoms in total. The first-order chi connectivity index (χ1) is 13.1. The lowest BCUT2D eigenvalue weighted by Crippen LogP contribution is -2.47. The Morgan fingerprint density at radius 3 is 2.96 bits per heavy atom. The summed E-state index contributed by atoms with van der Waals surface area (Å²) < 4.78 is 12.6. The molecule has 0 radical (unpaired) electrons. The Kier molecular flexibility index (Phi) is 6.34. The van der Waals surface area contributed by atoms with Crippen LogP contribution in [0.25, 0.3) is 0 Å². The first kappa shape index (κ1) is 19.2. The third-order valence-electron chi connectivity index (χ3n) is 4.84. The molecular weight excluding hydrogens is 344 g/mol. The monoisotopic (exact) mass is 372 g/mol. The molecule has 0 spiro atoms. The summed E-state index contributed by atoms with van der Waals surface area (Å²) in [4.78, 5) is 18.7. The van der Waals surface area contributed by atoms with Gasteiger partial charge in [0.2, 0.25) is 0 Å². The van der Waals surface area contributed by atoms with Gasteiger partial charge in [-0.15, -0.1) is 0 Å². The van der Waals surface area contributed by atoms with Gasteiger partial charge in [-0.1, -0.05) is 6.07 Å².